The zero-order chi connectivity index (χ0) is 14.9. The lowest BCUT2D eigenvalue weighted by Gasteiger charge is -2.07. The van der Waals surface area contributed by atoms with Gasteiger partial charge in [0, 0.05) is 42.7 Å². The van der Waals surface area contributed by atoms with Gasteiger partial charge in [0.1, 0.15) is 0 Å². The van der Waals surface area contributed by atoms with Crippen LogP contribution in [0.2, 0.25) is 0 Å². The van der Waals surface area contributed by atoms with Crippen LogP contribution in [0.1, 0.15) is 11.3 Å². The summed E-state index contributed by atoms with van der Waals surface area (Å²) >= 11 is 0. The van der Waals surface area contributed by atoms with E-state index in [1.807, 2.05) is 12.1 Å². The summed E-state index contributed by atoms with van der Waals surface area (Å²) in [6, 6.07) is 17.1. The molecule has 1 aliphatic rings. The molecule has 0 saturated carbocycles. The molecular weight excluding hydrogens is 272 g/mol. The summed E-state index contributed by atoms with van der Waals surface area (Å²) in [5, 5.41) is 14.1. The highest BCUT2D eigenvalue weighted by atomic mass is 16.3. The molecule has 3 nitrogen and oxygen atoms in total. The molecule has 3 heteroatoms. The predicted molar refractivity (Wildman–Crippen MR) is 89.9 cm³/mol. The smallest absolute Gasteiger partial charge is 0.0682 e. The van der Waals surface area contributed by atoms with Gasteiger partial charge in [-0.05, 0) is 41.0 Å². The molecule has 0 aliphatic carbocycles. The van der Waals surface area contributed by atoms with Crippen molar-refractivity contribution in [1.82, 2.24) is 9.88 Å². The van der Waals surface area contributed by atoms with Gasteiger partial charge in [-0.1, -0.05) is 24.3 Å². The fourth-order valence-corrected chi connectivity index (χ4v) is 3.36. The standard InChI is InChI=1S/C19H20N2O/c22-13-14-2-1-3-15(10-14)16-4-5-19-17(11-16)12-18-6-7-20-8-9-21(18)19/h1-5,10-12,20,22H,6-9,13H2. The molecule has 0 radical (unpaired) electrons. The van der Waals surface area contributed by atoms with Crippen molar-refractivity contribution in [2.45, 2.75) is 19.6 Å². The van der Waals surface area contributed by atoms with Crippen molar-refractivity contribution in [2.75, 3.05) is 13.1 Å². The Kier molecular flexibility index (Phi) is 3.45. The van der Waals surface area contributed by atoms with Crippen molar-refractivity contribution in [3.05, 3.63) is 59.8 Å². The van der Waals surface area contributed by atoms with E-state index in [2.05, 4.69) is 46.3 Å². The average molecular weight is 292 g/mol. The van der Waals surface area contributed by atoms with Crippen LogP contribution in [0.5, 0.6) is 0 Å². The number of hydrogen-bond donors (Lipinski definition) is 2. The van der Waals surface area contributed by atoms with Crippen LogP contribution in [0, 0.1) is 0 Å². The van der Waals surface area contributed by atoms with Crippen LogP contribution in [0.4, 0.5) is 0 Å². The van der Waals surface area contributed by atoms with Crippen molar-refractivity contribution in [2.24, 2.45) is 0 Å². The average Bonchev–Trinajstić information content (AvgIpc) is 2.75. The van der Waals surface area contributed by atoms with Crippen molar-refractivity contribution in [3.63, 3.8) is 0 Å². The molecule has 2 heterocycles. The number of aromatic nitrogens is 1. The van der Waals surface area contributed by atoms with Crippen LogP contribution in [-0.4, -0.2) is 22.8 Å². The molecule has 1 aromatic heterocycles. The maximum absolute atomic E-state index is 9.31. The van der Waals surface area contributed by atoms with E-state index in [0.717, 1.165) is 37.2 Å². The number of aliphatic hydroxyl groups excluding tert-OH is 1. The second kappa shape index (κ2) is 5.59. The zero-order valence-corrected chi connectivity index (χ0v) is 12.5. The number of nitrogens with zero attached hydrogens (tertiary/aromatic N) is 1. The van der Waals surface area contributed by atoms with Crippen LogP contribution in [0.3, 0.4) is 0 Å². The Morgan fingerprint density at radius 2 is 1.91 bits per heavy atom. The topological polar surface area (TPSA) is 37.2 Å². The first kappa shape index (κ1) is 13.6. The molecule has 2 N–H and O–H groups in total. The van der Waals surface area contributed by atoms with Gasteiger partial charge in [-0.25, -0.2) is 0 Å². The van der Waals surface area contributed by atoms with E-state index in [9.17, 15) is 5.11 Å². The quantitative estimate of drug-likeness (QED) is 0.762. The molecule has 4 rings (SSSR count). The maximum atomic E-state index is 9.31. The molecule has 3 aromatic rings. The molecule has 2 aromatic carbocycles. The monoisotopic (exact) mass is 292 g/mol. The second-order valence-corrected chi connectivity index (χ2v) is 5.92. The lowest BCUT2D eigenvalue weighted by atomic mass is 10.0. The SMILES string of the molecule is OCc1cccc(-c2ccc3c(c2)cc2n3CCNCC2)c1. The Labute approximate surface area is 130 Å². The van der Waals surface area contributed by atoms with Gasteiger partial charge in [-0.2, -0.15) is 0 Å². The predicted octanol–water partition coefficient (Wildman–Crippen LogP) is 2.95. The molecule has 112 valence electrons. The highest BCUT2D eigenvalue weighted by Crippen LogP contribution is 2.28. The minimum absolute atomic E-state index is 0.0869. The van der Waals surface area contributed by atoms with Gasteiger partial charge in [-0.3, -0.25) is 0 Å². The number of rotatable bonds is 2. The molecule has 22 heavy (non-hydrogen) atoms. The molecule has 1 aliphatic heterocycles. The minimum atomic E-state index is 0.0869. The maximum Gasteiger partial charge on any atom is 0.0682 e. The van der Waals surface area contributed by atoms with Gasteiger partial charge in [0.15, 0.2) is 0 Å². The highest BCUT2D eigenvalue weighted by Gasteiger charge is 2.12. The molecule has 0 saturated heterocycles. The summed E-state index contributed by atoms with van der Waals surface area (Å²) in [5.41, 5.74) is 6.07. The van der Waals surface area contributed by atoms with Crippen molar-refractivity contribution >= 4 is 10.9 Å². The van der Waals surface area contributed by atoms with E-state index in [1.54, 1.807) is 0 Å². The van der Waals surface area contributed by atoms with Gasteiger partial charge in [0.2, 0.25) is 0 Å². The molecule has 0 bridgehead atoms. The van der Waals surface area contributed by atoms with E-state index in [0.29, 0.717) is 0 Å². The third kappa shape index (κ3) is 2.32. The Morgan fingerprint density at radius 1 is 1.00 bits per heavy atom. The summed E-state index contributed by atoms with van der Waals surface area (Å²) in [7, 11) is 0. The zero-order valence-electron chi connectivity index (χ0n) is 12.5. The number of fused-ring (bicyclic) bond motifs is 3. The van der Waals surface area contributed by atoms with Gasteiger partial charge in [0.25, 0.3) is 0 Å². The fraction of sp³-hybridized carbons (Fsp3) is 0.263. The summed E-state index contributed by atoms with van der Waals surface area (Å²) < 4.78 is 2.43. The van der Waals surface area contributed by atoms with E-state index < -0.39 is 0 Å². The first-order valence-electron chi connectivity index (χ1n) is 7.88. The van der Waals surface area contributed by atoms with Crippen LogP contribution in [-0.2, 0) is 19.6 Å². The molecule has 0 atom stereocenters. The number of aliphatic hydroxyl groups is 1. The van der Waals surface area contributed by atoms with Crippen LogP contribution >= 0.6 is 0 Å². The Bertz CT molecular complexity index is 819. The van der Waals surface area contributed by atoms with E-state index >= 15 is 0 Å². The molecule has 0 amide bonds. The van der Waals surface area contributed by atoms with E-state index in [-0.39, 0.29) is 6.61 Å². The fourth-order valence-electron chi connectivity index (χ4n) is 3.36. The molecule has 0 fully saturated rings. The van der Waals surface area contributed by atoms with Gasteiger partial charge < -0.3 is 15.0 Å². The second-order valence-electron chi connectivity index (χ2n) is 5.92. The number of nitrogens with one attached hydrogen (secondary N) is 1. The largest absolute Gasteiger partial charge is 0.392 e. The van der Waals surface area contributed by atoms with E-state index in [4.69, 9.17) is 0 Å². The van der Waals surface area contributed by atoms with Crippen molar-refractivity contribution in [1.29, 1.82) is 0 Å². The van der Waals surface area contributed by atoms with Crippen LogP contribution in [0.15, 0.2) is 48.5 Å². The number of hydrogen-bond acceptors (Lipinski definition) is 2. The molecule has 0 unspecified atom stereocenters. The number of benzene rings is 2. The highest BCUT2D eigenvalue weighted by molar-refractivity contribution is 5.86. The third-order valence-corrected chi connectivity index (χ3v) is 4.50. The lowest BCUT2D eigenvalue weighted by Crippen LogP contribution is -2.17. The minimum Gasteiger partial charge on any atom is -0.392 e. The first-order valence-corrected chi connectivity index (χ1v) is 7.88. The lowest BCUT2D eigenvalue weighted by molar-refractivity contribution is 0.282. The van der Waals surface area contributed by atoms with Gasteiger partial charge >= 0.3 is 0 Å². The summed E-state index contributed by atoms with van der Waals surface area (Å²) in [6.07, 6.45) is 1.09. The third-order valence-electron chi connectivity index (χ3n) is 4.50. The summed E-state index contributed by atoms with van der Waals surface area (Å²) in [6.45, 7) is 3.22. The van der Waals surface area contributed by atoms with Crippen LogP contribution < -0.4 is 5.32 Å². The van der Waals surface area contributed by atoms with Gasteiger partial charge in [0.05, 0.1) is 6.61 Å². The van der Waals surface area contributed by atoms with Crippen LogP contribution in [0.25, 0.3) is 22.0 Å². The van der Waals surface area contributed by atoms with E-state index in [1.165, 1.54) is 22.2 Å². The Morgan fingerprint density at radius 3 is 2.82 bits per heavy atom. The Balaban J connectivity index is 1.80. The van der Waals surface area contributed by atoms with Crippen molar-refractivity contribution in [3.8, 4) is 11.1 Å². The summed E-state index contributed by atoms with van der Waals surface area (Å²) in [5.74, 6) is 0. The van der Waals surface area contributed by atoms with Crippen molar-refractivity contribution < 1.29 is 5.11 Å². The molecule has 0 spiro atoms. The molecular formula is C19H20N2O. The summed E-state index contributed by atoms with van der Waals surface area (Å²) in [4.78, 5) is 0. The normalized spacial score (nSPS) is 14.8. The van der Waals surface area contributed by atoms with Gasteiger partial charge in [-0.15, -0.1) is 0 Å². The Hall–Kier alpha value is -2.10. The first-order chi connectivity index (χ1) is 10.8.